The average molecular weight is 949 g/mol. The van der Waals surface area contributed by atoms with E-state index in [1.165, 1.54) is 0 Å². The maximum atomic E-state index is 14.2. The monoisotopic (exact) mass is 949 g/mol. The Hall–Kier alpha value is -4.56. The van der Waals surface area contributed by atoms with Crippen molar-refractivity contribution in [3.05, 3.63) is 72.6 Å². The van der Waals surface area contributed by atoms with Crippen molar-refractivity contribution >= 4 is 11.8 Å². The molecule has 374 valence electrons. The topological polar surface area (TPSA) is 116 Å². The van der Waals surface area contributed by atoms with Crippen molar-refractivity contribution in [3.63, 3.8) is 0 Å². The van der Waals surface area contributed by atoms with Crippen LogP contribution in [0, 0.1) is 22.7 Å². The fourth-order valence-corrected chi connectivity index (χ4v) is 9.78. The predicted molar refractivity (Wildman–Crippen MR) is 260 cm³/mol. The predicted octanol–water partition coefficient (Wildman–Crippen LogP) is 13.2. The number of unbranched alkanes of at least 4 members (excludes halogenated alkanes) is 2. The number of H-pyrrole nitrogens is 2. The normalized spacial score (nSPS) is 17.8. The third kappa shape index (κ3) is 13.8. The van der Waals surface area contributed by atoms with Gasteiger partial charge in [-0.3, -0.25) is 9.59 Å². The number of rotatable bonds is 21. The van der Waals surface area contributed by atoms with Crippen LogP contribution in [0.25, 0.3) is 33.6 Å². The van der Waals surface area contributed by atoms with Crippen molar-refractivity contribution < 1.29 is 36.6 Å². The van der Waals surface area contributed by atoms with E-state index in [4.69, 9.17) is 19.4 Å². The third-order valence-electron chi connectivity index (χ3n) is 13.6. The van der Waals surface area contributed by atoms with E-state index in [-0.39, 0.29) is 63.2 Å². The van der Waals surface area contributed by atoms with Crippen LogP contribution in [0.3, 0.4) is 0 Å². The lowest BCUT2D eigenvalue weighted by Crippen LogP contribution is -2.47. The van der Waals surface area contributed by atoms with E-state index in [2.05, 4.69) is 89.6 Å². The van der Waals surface area contributed by atoms with Crippen LogP contribution in [0.4, 0.5) is 17.6 Å². The molecule has 0 bridgehead atoms. The fourth-order valence-electron chi connectivity index (χ4n) is 9.78. The minimum atomic E-state index is -2.73. The largest absolute Gasteiger partial charge is 0.380 e. The van der Waals surface area contributed by atoms with Crippen LogP contribution < -0.4 is 0 Å². The minimum absolute atomic E-state index is 0.125. The molecule has 2 saturated carbocycles. The van der Waals surface area contributed by atoms with Gasteiger partial charge in [0.25, 0.3) is 0 Å². The molecule has 2 N–H and O–H groups in total. The Kier molecular flexibility index (Phi) is 17.8. The highest BCUT2D eigenvalue weighted by atomic mass is 19.3. The molecule has 0 saturated heterocycles. The van der Waals surface area contributed by atoms with Crippen molar-refractivity contribution in [2.45, 2.75) is 156 Å². The molecule has 0 unspecified atom stereocenters. The van der Waals surface area contributed by atoms with Gasteiger partial charge in [0.2, 0.25) is 23.7 Å². The molecule has 0 spiro atoms. The average Bonchev–Trinajstić information content (AvgIpc) is 3.98. The summed E-state index contributed by atoms with van der Waals surface area (Å²) in [5, 5.41) is 0. The zero-order valence-corrected chi connectivity index (χ0v) is 41.7. The summed E-state index contributed by atoms with van der Waals surface area (Å²) >= 11 is 0. The number of alkyl halides is 4. The van der Waals surface area contributed by atoms with E-state index >= 15 is 0 Å². The molecule has 2 amide bonds. The Balaban J connectivity index is 1.18. The Morgan fingerprint density at radius 3 is 1.22 bits per heavy atom. The molecule has 0 radical (unpaired) electrons. The first-order chi connectivity index (χ1) is 32.2. The molecule has 2 fully saturated rings. The molecular formula is C54H76F4N6O4. The first-order valence-electron chi connectivity index (χ1n) is 25.0. The van der Waals surface area contributed by atoms with Gasteiger partial charge in [0, 0.05) is 63.8 Å². The summed E-state index contributed by atoms with van der Waals surface area (Å²) in [5.74, 6) is -5.38. The molecule has 0 aliphatic heterocycles. The van der Waals surface area contributed by atoms with Crippen molar-refractivity contribution in [3.8, 4) is 33.6 Å². The van der Waals surface area contributed by atoms with Crippen LogP contribution in [0.1, 0.15) is 156 Å². The maximum absolute atomic E-state index is 14.2. The number of ether oxygens (including phenoxy) is 2. The van der Waals surface area contributed by atoms with Crippen molar-refractivity contribution in [2.24, 2.45) is 22.7 Å². The molecule has 68 heavy (non-hydrogen) atoms. The number of amides is 2. The van der Waals surface area contributed by atoms with Gasteiger partial charge in [-0.1, -0.05) is 117 Å². The second kappa shape index (κ2) is 22.9. The Labute approximate surface area is 401 Å². The van der Waals surface area contributed by atoms with Crippen LogP contribution in [0.2, 0.25) is 0 Å². The van der Waals surface area contributed by atoms with Gasteiger partial charge in [-0.15, -0.1) is 0 Å². The van der Waals surface area contributed by atoms with Gasteiger partial charge in [0.05, 0.1) is 49.1 Å². The quantitative estimate of drug-likeness (QED) is 0.0635. The number of carbonyl (C=O) groups excluding carboxylic acids is 2. The highest BCUT2D eigenvalue weighted by Gasteiger charge is 2.45. The lowest BCUT2D eigenvalue weighted by atomic mass is 9.82. The smallest absolute Gasteiger partial charge is 0.248 e. The molecule has 14 heteroatoms. The molecule has 2 heterocycles. The van der Waals surface area contributed by atoms with E-state index in [0.29, 0.717) is 51.2 Å². The van der Waals surface area contributed by atoms with Crippen LogP contribution in [-0.2, 0) is 19.1 Å². The van der Waals surface area contributed by atoms with Gasteiger partial charge in [0.15, 0.2) is 0 Å². The first kappa shape index (κ1) is 52.8. The number of hydrogen-bond donors (Lipinski definition) is 2. The molecule has 4 aromatic rings. The van der Waals surface area contributed by atoms with Crippen molar-refractivity contribution in [2.75, 3.05) is 39.5 Å². The number of aromatic amines is 2. The lowest BCUT2D eigenvalue weighted by molar-refractivity contribution is -0.147. The van der Waals surface area contributed by atoms with Crippen LogP contribution in [0.5, 0.6) is 0 Å². The van der Waals surface area contributed by atoms with E-state index in [0.717, 1.165) is 59.3 Å². The van der Waals surface area contributed by atoms with Crippen LogP contribution >= 0.6 is 0 Å². The molecule has 2 aliphatic rings. The summed E-state index contributed by atoms with van der Waals surface area (Å²) in [5.41, 5.74) is 4.60. The lowest BCUT2D eigenvalue weighted by Gasteiger charge is -2.41. The van der Waals surface area contributed by atoms with E-state index in [1.807, 2.05) is 34.1 Å². The molecule has 2 aromatic carbocycles. The van der Waals surface area contributed by atoms with Crippen LogP contribution in [-0.4, -0.2) is 92.9 Å². The summed E-state index contributed by atoms with van der Waals surface area (Å²) in [6, 6.07) is 15.5. The fraction of sp³-hybridized carbons (Fsp3) is 0.630. The summed E-state index contributed by atoms with van der Waals surface area (Å²) in [6.07, 6.45) is 6.92. The first-order valence-corrected chi connectivity index (χ1v) is 25.0. The number of nitrogens with zero attached hydrogens (tertiary/aromatic N) is 4. The number of imidazole rings is 2. The molecular weight excluding hydrogens is 873 g/mol. The number of hydrogen-bond acceptors (Lipinski definition) is 6. The summed E-state index contributed by atoms with van der Waals surface area (Å²) < 4.78 is 68.4. The number of nitrogens with one attached hydrogen (secondary N) is 2. The van der Waals surface area contributed by atoms with Gasteiger partial charge in [-0.25, -0.2) is 27.5 Å². The Bertz CT molecular complexity index is 2030. The summed E-state index contributed by atoms with van der Waals surface area (Å²) in [4.78, 5) is 48.8. The minimum Gasteiger partial charge on any atom is -0.380 e. The van der Waals surface area contributed by atoms with Gasteiger partial charge in [-0.05, 0) is 71.6 Å². The Morgan fingerprint density at radius 1 is 0.588 bits per heavy atom. The van der Waals surface area contributed by atoms with E-state index < -0.39 is 46.6 Å². The van der Waals surface area contributed by atoms with Crippen LogP contribution in [0.15, 0.2) is 60.9 Å². The van der Waals surface area contributed by atoms with E-state index in [9.17, 15) is 27.2 Å². The van der Waals surface area contributed by atoms with Gasteiger partial charge in [0.1, 0.15) is 11.6 Å². The summed E-state index contributed by atoms with van der Waals surface area (Å²) in [6.45, 7) is 19.2. The number of carbonyl (C=O) groups is 2. The highest BCUT2D eigenvalue weighted by Crippen LogP contribution is 2.44. The zero-order chi connectivity index (χ0) is 49.3. The SMILES string of the molecule is CCCCOCCN(C(=O)C1CCC(F)(F)CC1)[C@H](c1ncc(-c2ccc(-c3ccc(-c4cnc([C@@H](N(CCOCCCC)C(=O)C5CCC(F)(F)CC5)C(C)(C)C)[nH]4)cc3)cc2)[nH]1)C(C)(C)C. The number of aromatic nitrogens is 4. The molecule has 2 atom stereocenters. The highest BCUT2D eigenvalue weighted by molar-refractivity contribution is 5.80. The second-order valence-electron chi connectivity index (χ2n) is 21.3. The number of halogens is 4. The molecule has 6 rings (SSSR count). The van der Waals surface area contributed by atoms with Gasteiger partial charge >= 0.3 is 0 Å². The van der Waals surface area contributed by atoms with Crippen molar-refractivity contribution in [1.82, 2.24) is 29.7 Å². The second-order valence-corrected chi connectivity index (χ2v) is 21.3. The van der Waals surface area contributed by atoms with Crippen molar-refractivity contribution in [1.29, 1.82) is 0 Å². The molecule has 2 aromatic heterocycles. The third-order valence-corrected chi connectivity index (χ3v) is 13.6. The number of benzene rings is 2. The zero-order valence-electron chi connectivity index (χ0n) is 41.7. The van der Waals surface area contributed by atoms with Gasteiger partial charge < -0.3 is 29.2 Å². The van der Waals surface area contributed by atoms with E-state index in [1.54, 1.807) is 12.4 Å². The Morgan fingerprint density at radius 2 is 0.912 bits per heavy atom. The summed E-state index contributed by atoms with van der Waals surface area (Å²) in [7, 11) is 0. The van der Waals surface area contributed by atoms with Gasteiger partial charge in [-0.2, -0.15) is 0 Å². The maximum Gasteiger partial charge on any atom is 0.248 e. The molecule has 2 aliphatic carbocycles. The standard InChI is InChI=1S/C54H76F4N6O4/c1-9-11-31-67-33-29-63(49(65)41-21-25-53(55,56)26-22-41)45(51(3,4)5)47-59-35-43(61-47)39-17-13-37(14-18-39)38-15-19-40(20-16-38)44-36-60-48(62-44)46(52(6,7)8)64(30-34-68-32-12-10-2)50(66)42-23-27-54(57,58)28-24-42/h13-20,35-36,41-42,45-46H,9-12,21-34H2,1-8H3,(H,59,61)(H,60,62)/t45-,46-/m1/s1. The molecule has 10 nitrogen and oxygen atoms in total.